The largest absolute Gasteiger partial charge is 0.396 e. The van der Waals surface area contributed by atoms with Crippen molar-refractivity contribution >= 4 is 15.7 Å². The first-order valence-electron chi connectivity index (χ1n) is 3.78. The Hall–Kier alpha value is -1.79. The van der Waals surface area contributed by atoms with Gasteiger partial charge in [0.1, 0.15) is 11.0 Å². The number of rotatable bonds is 2. The van der Waals surface area contributed by atoms with E-state index in [2.05, 4.69) is 4.98 Å². The van der Waals surface area contributed by atoms with E-state index in [4.69, 9.17) is 16.1 Å². The number of nitrogen functional groups attached to an aromatic ring is 1. The third kappa shape index (κ3) is 2.07. The molecular formula is C7H6F2N4O2S. The first-order valence-corrected chi connectivity index (χ1v) is 5.33. The molecule has 0 aliphatic heterocycles. The number of primary sulfonamides is 1. The summed E-state index contributed by atoms with van der Waals surface area (Å²) in [6, 6.07) is 1.35. The Labute approximate surface area is 89.5 Å². The van der Waals surface area contributed by atoms with E-state index in [1.807, 2.05) is 0 Å². The van der Waals surface area contributed by atoms with Gasteiger partial charge in [-0.3, -0.25) is 0 Å². The van der Waals surface area contributed by atoms with Crippen molar-refractivity contribution in [3.8, 4) is 6.07 Å². The zero-order chi connectivity index (χ0) is 12.5. The van der Waals surface area contributed by atoms with E-state index in [1.165, 1.54) is 6.07 Å². The van der Waals surface area contributed by atoms with Crippen molar-refractivity contribution in [2.75, 3.05) is 5.73 Å². The molecule has 86 valence electrons. The van der Waals surface area contributed by atoms with E-state index in [0.717, 1.165) is 6.20 Å². The lowest BCUT2D eigenvalue weighted by molar-refractivity contribution is 0.147. The first kappa shape index (κ1) is 12.3. The van der Waals surface area contributed by atoms with Crippen LogP contribution < -0.4 is 10.9 Å². The molecule has 0 aromatic carbocycles. The standard InChI is InChI=1S/C7H6F2N4O2S/c8-7(9)5-4(1-10)13-2-3(11)6(5)16(12,14)15/h2,7H,11H2,(H2,12,14,15). The van der Waals surface area contributed by atoms with Crippen LogP contribution in [0.5, 0.6) is 0 Å². The third-order valence-electron chi connectivity index (χ3n) is 1.70. The zero-order valence-corrected chi connectivity index (χ0v) is 8.50. The molecular weight excluding hydrogens is 242 g/mol. The number of anilines is 1. The molecule has 0 amide bonds. The lowest BCUT2D eigenvalue weighted by atomic mass is 10.2. The van der Waals surface area contributed by atoms with Gasteiger partial charge in [0.05, 0.1) is 17.4 Å². The Morgan fingerprint density at radius 1 is 1.50 bits per heavy atom. The maximum Gasteiger partial charge on any atom is 0.268 e. The van der Waals surface area contributed by atoms with Gasteiger partial charge in [-0.25, -0.2) is 27.3 Å². The van der Waals surface area contributed by atoms with Crippen LogP contribution in [0.1, 0.15) is 17.7 Å². The highest BCUT2D eigenvalue weighted by atomic mass is 32.2. The highest BCUT2D eigenvalue weighted by Crippen LogP contribution is 2.31. The summed E-state index contributed by atoms with van der Waals surface area (Å²) in [5.74, 6) is 0. The Bertz CT molecular complexity index is 564. The lowest BCUT2D eigenvalue weighted by Gasteiger charge is -2.10. The van der Waals surface area contributed by atoms with Gasteiger partial charge in [0.2, 0.25) is 10.0 Å². The van der Waals surface area contributed by atoms with Crippen molar-refractivity contribution in [1.82, 2.24) is 4.98 Å². The molecule has 4 N–H and O–H groups in total. The zero-order valence-electron chi connectivity index (χ0n) is 7.68. The number of nitrogens with two attached hydrogens (primary N) is 2. The van der Waals surface area contributed by atoms with Crippen molar-refractivity contribution in [3.63, 3.8) is 0 Å². The minimum absolute atomic E-state index is 0.517. The number of sulfonamides is 1. The van der Waals surface area contributed by atoms with Gasteiger partial charge in [-0.15, -0.1) is 0 Å². The second-order valence-electron chi connectivity index (χ2n) is 2.76. The monoisotopic (exact) mass is 248 g/mol. The third-order valence-corrected chi connectivity index (χ3v) is 2.73. The van der Waals surface area contributed by atoms with Crippen molar-refractivity contribution in [1.29, 1.82) is 5.26 Å². The normalized spacial score (nSPS) is 11.4. The summed E-state index contributed by atoms with van der Waals surface area (Å²) >= 11 is 0. The molecule has 0 aliphatic carbocycles. The van der Waals surface area contributed by atoms with Crippen LogP contribution in [0.3, 0.4) is 0 Å². The molecule has 0 atom stereocenters. The predicted octanol–water partition coefficient (Wildman–Crippen LogP) is 0.120. The fourth-order valence-electron chi connectivity index (χ4n) is 1.13. The molecule has 1 heterocycles. The highest BCUT2D eigenvalue weighted by Gasteiger charge is 2.27. The molecule has 0 radical (unpaired) electrons. The van der Waals surface area contributed by atoms with Crippen LogP contribution in [-0.4, -0.2) is 13.4 Å². The SMILES string of the molecule is N#Cc1ncc(N)c(S(N)(=O)=O)c1C(F)F. The summed E-state index contributed by atoms with van der Waals surface area (Å²) < 4.78 is 47.4. The molecule has 1 rings (SSSR count). The number of aromatic nitrogens is 1. The van der Waals surface area contributed by atoms with Gasteiger partial charge in [-0.05, 0) is 0 Å². The second kappa shape index (κ2) is 3.99. The van der Waals surface area contributed by atoms with Crippen LogP contribution in [0, 0.1) is 11.3 Å². The van der Waals surface area contributed by atoms with Crippen LogP contribution in [0.2, 0.25) is 0 Å². The van der Waals surface area contributed by atoms with E-state index in [9.17, 15) is 17.2 Å². The Balaban J connectivity index is 3.78. The molecule has 0 unspecified atom stereocenters. The molecule has 0 aliphatic rings. The number of hydrogen-bond acceptors (Lipinski definition) is 5. The number of pyridine rings is 1. The summed E-state index contributed by atoms with van der Waals surface area (Å²) in [5.41, 5.74) is 2.91. The summed E-state index contributed by atoms with van der Waals surface area (Å²) in [4.78, 5) is 2.36. The Morgan fingerprint density at radius 3 is 2.44 bits per heavy atom. The van der Waals surface area contributed by atoms with Crippen LogP contribution >= 0.6 is 0 Å². The summed E-state index contributed by atoms with van der Waals surface area (Å²) in [6.07, 6.45) is -2.41. The van der Waals surface area contributed by atoms with Gasteiger partial charge in [0.25, 0.3) is 6.43 Å². The first-order chi connectivity index (χ1) is 7.29. The van der Waals surface area contributed by atoms with E-state index in [1.54, 1.807) is 0 Å². The lowest BCUT2D eigenvalue weighted by Crippen LogP contribution is -2.18. The van der Waals surface area contributed by atoms with Gasteiger partial charge in [0, 0.05) is 0 Å². The number of alkyl halides is 2. The van der Waals surface area contributed by atoms with E-state index < -0.39 is 38.3 Å². The quantitative estimate of drug-likeness (QED) is 0.769. The minimum Gasteiger partial charge on any atom is -0.396 e. The molecule has 1 aromatic heterocycles. The van der Waals surface area contributed by atoms with Crippen LogP contribution in [-0.2, 0) is 10.0 Å². The molecule has 6 nitrogen and oxygen atoms in total. The van der Waals surface area contributed by atoms with E-state index in [-0.39, 0.29) is 0 Å². The molecule has 16 heavy (non-hydrogen) atoms. The van der Waals surface area contributed by atoms with E-state index in [0.29, 0.717) is 0 Å². The van der Waals surface area contributed by atoms with Crippen molar-refractivity contribution < 1.29 is 17.2 Å². The molecule has 0 fully saturated rings. The fourth-order valence-corrected chi connectivity index (χ4v) is 2.01. The highest BCUT2D eigenvalue weighted by molar-refractivity contribution is 7.89. The average Bonchev–Trinajstić information content (AvgIpc) is 2.15. The number of halogens is 2. The Kier molecular flexibility index (Phi) is 3.06. The predicted molar refractivity (Wildman–Crippen MR) is 49.7 cm³/mol. The van der Waals surface area contributed by atoms with Gasteiger partial charge in [-0.1, -0.05) is 0 Å². The van der Waals surface area contributed by atoms with Gasteiger partial charge in [-0.2, -0.15) is 5.26 Å². The molecule has 1 aromatic rings. The average molecular weight is 248 g/mol. The number of hydrogen-bond donors (Lipinski definition) is 2. The van der Waals surface area contributed by atoms with Crippen LogP contribution in [0.4, 0.5) is 14.5 Å². The van der Waals surface area contributed by atoms with Gasteiger partial charge >= 0.3 is 0 Å². The summed E-state index contributed by atoms with van der Waals surface area (Å²) in [6.45, 7) is 0. The smallest absolute Gasteiger partial charge is 0.268 e. The molecule has 0 saturated heterocycles. The number of nitriles is 1. The molecule has 9 heteroatoms. The maximum atomic E-state index is 12.6. The summed E-state index contributed by atoms with van der Waals surface area (Å²) in [7, 11) is -4.44. The fraction of sp³-hybridized carbons (Fsp3) is 0.143. The summed E-state index contributed by atoms with van der Waals surface area (Å²) in [5, 5.41) is 13.3. The minimum atomic E-state index is -4.44. The van der Waals surface area contributed by atoms with Crippen LogP contribution in [0.25, 0.3) is 0 Å². The molecule has 0 spiro atoms. The van der Waals surface area contributed by atoms with Crippen molar-refractivity contribution in [2.45, 2.75) is 11.3 Å². The van der Waals surface area contributed by atoms with E-state index >= 15 is 0 Å². The Morgan fingerprint density at radius 2 is 2.06 bits per heavy atom. The molecule has 0 bridgehead atoms. The van der Waals surface area contributed by atoms with Gasteiger partial charge < -0.3 is 5.73 Å². The van der Waals surface area contributed by atoms with Crippen molar-refractivity contribution in [2.24, 2.45) is 5.14 Å². The topological polar surface area (TPSA) is 123 Å². The van der Waals surface area contributed by atoms with Crippen molar-refractivity contribution in [3.05, 3.63) is 17.5 Å². The van der Waals surface area contributed by atoms with Gasteiger partial charge in [0.15, 0.2) is 5.69 Å². The second-order valence-corrected chi connectivity index (χ2v) is 4.26. The van der Waals surface area contributed by atoms with Crippen LogP contribution in [0.15, 0.2) is 11.1 Å². The number of nitrogens with zero attached hydrogens (tertiary/aromatic N) is 2. The maximum absolute atomic E-state index is 12.6. The molecule has 0 saturated carbocycles.